The van der Waals surface area contributed by atoms with Gasteiger partial charge in [0.1, 0.15) is 5.76 Å². The van der Waals surface area contributed by atoms with Crippen LogP contribution in [0.5, 0.6) is 0 Å². The highest BCUT2D eigenvalue weighted by molar-refractivity contribution is 5.35. The lowest BCUT2D eigenvalue weighted by Crippen LogP contribution is -2.24. The van der Waals surface area contributed by atoms with Gasteiger partial charge in [0.05, 0.1) is 6.20 Å². The summed E-state index contributed by atoms with van der Waals surface area (Å²) in [7, 11) is 0. The molecule has 3 rings (SSSR count). The Bertz CT molecular complexity index is 575. The molecule has 3 nitrogen and oxygen atoms in total. The van der Waals surface area contributed by atoms with Gasteiger partial charge < -0.3 is 4.42 Å². The maximum Gasteiger partial charge on any atom is 0.180 e. The normalized spacial score (nSPS) is 16.6. The summed E-state index contributed by atoms with van der Waals surface area (Å²) in [5.74, 6) is 1.34. The van der Waals surface area contributed by atoms with Gasteiger partial charge >= 0.3 is 0 Å². The van der Waals surface area contributed by atoms with Gasteiger partial charge in [-0.05, 0) is 37.0 Å². The number of rotatable bonds is 4. The first-order chi connectivity index (χ1) is 9.63. The fourth-order valence-corrected chi connectivity index (χ4v) is 2.89. The molecule has 1 aliphatic rings. The minimum absolute atomic E-state index is 0.373. The Morgan fingerprint density at radius 3 is 2.70 bits per heavy atom. The molecule has 2 heterocycles. The van der Waals surface area contributed by atoms with Crippen molar-refractivity contribution in [2.75, 3.05) is 0 Å². The summed E-state index contributed by atoms with van der Waals surface area (Å²) in [6.45, 7) is 8.88. The van der Waals surface area contributed by atoms with E-state index in [9.17, 15) is 0 Å². The average Bonchev–Trinajstić information content (AvgIpc) is 3.07. The first-order valence-electron chi connectivity index (χ1n) is 7.36. The lowest BCUT2D eigenvalue weighted by Gasteiger charge is -2.18. The van der Waals surface area contributed by atoms with E-state index in [1.54, 1.807) is 0 Å². The van der Waals surface area contributed by atoms with Crippen molar-refractivity contribution in [2.24, 2.45) is 0 Å². The quantitative estimate of drug-likeness (QED) is 0.847. The van der Waals surface area contributed by atoms with Crippen LogP contribution in [0.3, 0.4) is 0 Å². The van der Waals surface area contributed by atoms with E-state index in [1.807, 2.05) is 6.20 Å². The van der Waals surface area contributed by atoms with Crippen LogP contribution >= 0.6 is 0 Å². The highest BCUT2D eigenvalue weighted by Crippen LogP contribution is 2.27. The predicted octanol–water partition coefficient (Wildman–Crippen LogP) is 3.74. The molecule has 1 unspecified atom stereocenters. The lowest BCUT2D eigenvalue weighted by atomic mass is 9.96. The number of hydrogen-bond donors (Lipinski definition) is 0. The molecule has 0 radical (unpaired) electrons. The zero-order valence-electron chi connectivity index (χ0n) is 12.5. The largest absolute Gasteiger partial charge is 0.448 e. The van der Waals surface area contributed by atoms with Gasteiger partial charge in [-0.15, -0.1) is 0 Å². The third-order valence-corrected chi connectivity index (χ3v) is 4.23. The molecule has 0 saturated carbocycles. The van der Waals surface area contributed by atoms with Crippen LogP contribution in [0.25, 0.3) is 0 Å². The SMILES string of the molecule is CC(Cc1ccc2c(c1)CN(C(C)C)C2)c1cnco1. The minimum Gasteiger partial charge on any atom is -0.448 e. The zero-order chi connectivity index (χ0) is 14.1. The third kappa shape index (κ3) is 2.63. The van der Waals surface area contributed by atoms with Crippen molar-refractivity contribution >= 4 is 0 Å². The van der Waals surface area contributed by atoms with Crippen molar-refractivity contribution in [3.63, 3.8) is 0 Å². The van der Waals surface area contributed by atoms with Crippen molar-refractivity contribution in [3.8, 4) is 0 Å². The van der Waals surface area contributed by atoms with E-state index in [4.69, 9.17) is 4.42 Å². The molecule has 1 aromatic carbocycles. The van der Waals surface area contributed by atoms with Crippen molar-refractivity contribution < 1.29 is 4.42 Å². The first-order valence-corrected chi connectivity index (χ1v) is 7.36. The third-order valence-electron chi connectivity index (χ3n) is 4.23. The second-order valence-corrected chi connectivity index (χ2v) is 6.11. The maximum absolute atomic E-state index is 5.39. The van der Waals surface area contributed by atoms with E-state index >= 15 is 0 Å². The number of nitrogens with zero attached hydrogens (tertiary/aromatic N) is 2. The van der Waals surface area contributed by atoms with Crippen LogP contribution in [0.4, 0.5) is 0 Å². The molecule has 0 bridgehead atoms. The van der Waals surface area contributed by atoms with Crippen LogP contribution in [0.15, 0.2) is 35.2 Å². The van der Waals surface area contributed by atoms with Gasteiger partial charge in [-0.25, -0.2) is 4.98 Å². The van der Waals surface area contributed by atoms with Gasteiger partial charge in [-0.1, -0.05) is 25.1 Å². The maximum atomic E-state index is 5.39. The Labute approximate surface area is 120 Å². The number of fused-ring (bicyclic) bond motifs is 1. The lowest BCUT2D eigenvalue weighted by molar-refractivity contribution is 0.227. The van der Waals surface area contributed by atoms with E-state index in [0.29, 0.717) is 12.0 Å². The highest BCUT2D eigenvalue weighted by atomic mass is 16.3. The summed E-state index contributed by atoms with van der Waals surface area (Å²) < 4.78 is 5.39. The van der Waals surface area contributed by atoms with E-state index in [0.717, 1.165) is 25.3 Å². The van der Waals surface area contributed by atoms with Gasteiger partial charge in [-0.3, -0.25) is 4.90 Å². The van der Waals surface area contributed by atoms with Gasteiger partial charge in [0.25, 0.3) is 0 Å². The fraction of sp³-hybridized carbons (Fsp3) is 0.471. The molecule has 0 spiro atoms. The molecule has 1 aromatic heterocycles. The average molecular weight is 270 g/mol. The molecule has 0 N–H and O–H groups in total. The molecule has 1 aliphatic heterocycles. The Morgan fingerprint density at radius 1 is 1.20 bits per heavy atom. The molecule has 1 atom stereocenters. The summed E-state index contributed by atoms with van der Waals surface area (Å²) in [6.07, 6.45) is 4.33. The molecule has 0 fully saturated rings. The molecule has 2 aromatic rings. The van der Waals surface area contributed by atoms with Gasteiger partial charge in [0, 0.05) is 25.0 Å². The molecule has 0 saturated heterocycles. The Hall–Kier alpha value is -1.61. The van der Waals surface area contributed by atoms with Gasteiger partial charge in [0.2, 0.25) is 0 Å². The number of oxazole rings is 1. The molecule has 0 amide bonds. The summed E-state index contributed by atoms with van der Waals surface area (Å²) in [6, 6.07) is 7.53. The second-order valence-electron chi connectivity index (χ2n) is 6.11. The first kappa shape index (κ1) is 13.4. The van der Waals surface area contributed by atoms with Crippen molar-refractivity contribution in [2.45, 2.75) is 52.2 Å². The Morgan fingerprint density at radius 2 is 2.00 bits per heavy atom. The fourth-order valence-electron chi connectivity index (χ4n) is 2.89. The number of benzene rings is 1. The summed E-state index contributed by atoms with van der Waals surface area (Å²) in [5.41, 5.74) is 4.36. The Kier molecular flexibility index (Phi) is 3.62. The van der Waals surface area contributed by atoms with Gasteiger partial charge in [0.15, 0.2) is 6.39 Å². The molecular formula is C17H22N2O. The topological polar surface area (TPSA) is 29.3 Å². The van der Waals surface area contributed by atoms with E-state index in [1.165, 1.54) is 23.1 Å². The number of aromatic nitrogens is 1. The van der Waals surface area contributed by atoms with Crippen molar-refractivity contribution in [1.29, 1.82) is 0 Å². The number of hydrogen-bond acceptors (Lipinski definition) is 3. The van der Waals surface area contributed by atoms with Crippen LogP contribution < -0.4 is 0 Å². The van der Waals surface area contributed by atoms with Crippen LogP contribution in [0.1, 0.15) is 49.1 Å². The molecule has 106 valence electrons. The zero-order valence-corrected chi connectivity index (χ0v) is 12.5. The Balaban J connectivity index is 1.73. The van der Waals surface area contributed by atoms with Crippen LogP contribution in [-0.2, 0) is 19.5 Å². The summed E-state index contributed by atoms with van der Waals surface area (Å²) >= 11 is 0. The monoisotopic (exact) mass is 270 g/mol. The minimum atomic E-state index is 0.373. The summed E-state index contributed by atoms with van der Waals surface area (Å²) in [5, 5.41) is 0. The van der Waals surface area contributed by atoms with Crippen molar-refractivity contribution in [3.05, 3.63) is 53.2 Å². The smallest absolute Gasteiger partial charge is 0.180 e. The van der Waals surface area contributed by atoms with E-state index in [-0.39, 0.29) is 0 Å². The highest BCUT2D eigenvalue weighted by Gasteiger charge is 2.21. The molecule has 20 heavy (non-hydrogen) atoms. The molecule has 3 heteroatoms. The predicted molar refractivity (Wildman–Crippen MR) is 79.4 cm³/mol. The van der Waals surface area contributed by atoms with Crippen LogP contribution in [0.2, 0.25) is 0 Å². The van der Waals surface area contributed by atoms with E-state index in [2.05, 4.69) is 48.9 Å². The second kappa shape index (κ2) is 5.41. The van der Waals surface area contributed by atoms with Crippen molar-refractivity contribution in [1.82, 2.24) is 9.88 Å². The van der Waals surface area contributed by atoms with E-state index < -0.39 is 0 Å². The van der Waals surface area contributed by atoms with Crippen LogP contribution in [0, 0.1) is 0 Å². The summed E-state index contributed by atoms with van der Waals surface area (Å²) in [4.78, 5) is 6.51. The molecular weight excluding hydrogens is 248 g/mol. The molecule has 0 aliphatic carbocycles. The standard InChI is InChI=1S/C17H22N2O/c1-12(2)19-9-15-5-4-14(7-16(15)10-19)6-13(3)17-8-18-11-20-17/h4-5,7-8,11-13H,6,9-10H2,1-3H3. The van der Waals surface area contributed by atoms with Crippen LogP contribution in [-0.4, -0.2) is 15.9 Å². The van der Waals surface area contributed by atoms with Gasteiger partial charge in [-0.2, -0.15) is 0 Å².